The number of hydrogen-bond acceptors (Lipinski definition) is 8. The van der Waals surface area contributed by atoms with E-state index in [9.17, 15) is 24.5 Å². The Hall–Kier alpha value is -3.53. The molecule has 206 valence electrons. The summed E-state index contributed by atoms with van der Waals surface area (Å²) in [5, 5.41) is 14.2. The molecule has 2 aliphatic rings. The fourth-order valence-electron chi connectivity index (χ4n) is 4.89. The minimum absolute atomic E-state index is 0.0742. The van der Waals surface area contributed by atoms with Crippen LogP contribution < -0.4 is 5.32 Å². The zero-order chi connectivity index (χ0) is 27.7. The van der Waals surface area contributed by atoms with E-state index in [1.54, 1.807) is 17.9 Å². The third-order valence-electron chi connectivity index (χ3n) is 7.08. The van der Waals surface area contributed by atoms with Crippen molar-refractivity contribution in [1.82, 2.24) is 10.2 Å². The summed E-state index contributed by atoms with van der Waals surface area (Å²) in [6, 6.07) is 5.17. The van der Waals surface area contributed by atoms with Crippen LogP contribution in [0.1, 0.15) is 68.6 Å². The van der Waals surface area contributed by atoms with Crippen molar-refractivity contribution in [3.05, 3.63) is 65.3 Å². The number of likely N-dealkylation sites (tertiary alicyclic amines) is 1. The molecule has 0 aromatic heterocycles. The van der Waals surface area contributed by atoms with Gasteiger partial charge in [0, 0.05) is 30.9 Å². The maximum atomic E-state index is 13.2. The number of carbonyl (C=O) groups excluding carboxylic acids is 3. The molecule has 1 saturated carbocycles. The lowest BCUT2D eigenvalue weighted by Crippen LogP contribution is -2.54. The maximum Gasteiger partial charge on any atom is 0.338 e. The van der Waals surface area contributed by atoms with Gasteiger partial charge in [-0.1, -0.05) is 25.0 Å². The molecule has 38 heavy (non-hydrogen) atoms. The predicted octanol–water partition coefficient (Wildman–Crippen LogP) is 4.30. The molecule has 1 aliphatic carbocycles. The van der Waals surface area contributed by atoms with Gasteiger partial charge in [-0.25, -0.2) is 4.79 Å². The maximum absolute atomic E-state index is 13.2. The summed E-state index contributed by atoms with van der Waals surface area (Å²) in [6.45, 7) is 9.71. The first-order valence-corrected chi connectivity index (χ1v) is 13.2. The highest BCUT2D eigenvalue weighted by molar-refractivity contribution is 5.90. The molecule has 1 aliphatic heterocycles. The van der Waals surface area contributed by atoms with Crippen molar-refractivity contribution in [2.24, 2.45) is 5.92 Å². The number of rotatable bonds is 15. The van der Waals surface area contributed by atoms with Gasteiger partial charge >= 0.3 is 11.9 Å². The molecule has 1 amide bonds. The molecule has 1 heterocycles. The van der Waals surface area contributed by atoms with Crippen molar-refractivity contribution < 1.29 is 28.8 Å². The molecule has 3 rings (SSSR count). The first-order valence-electron chi connectivity index (χ1n) is 13.2. The largest absolute Gasteiger partial charge is 0.465 e. The van der Waals surface area contributed by atoms with Crippen molar-refractivity contribution in [3.63, 3.8) is 0 Å². The second-order valence-electron chi connectivity index (χ2n) is 9.75. The average Bonchev–Trinajstić information content (AvgIpc) is 3.49. The van der Waals surface area contributed by atoms with Gasteiger partial charge in [-0.15, -0.1) is 13.2 Å². The van der Waals surface area contributed by atoms with E-state index in [1.165, 1.54) is 24.3 Å². The van der Waals surface area contributed by atoms with Crippen molar-refractivity contribution in [2.75, 3.05) is 13.2 Å². The van der Waals surface area contributed by atoms with Gasteiger partial charge in [0.25, 0.3) is 5.69 Å². The Morgan fingerprint density at radius 1 is 1.18 bits per heavy atom. The summed E-state index contributed by atoms with van der Waals surface area (Å²) in [6.07, 6.45) is 8.32. The Kier molecular flexibility index (Phi) is 10.2. The Labute approximate surface area is 223 Å². The van der Waals surface area contributed by atoms with Crippen LogP contribution in [0.3, 0.4) is 0 Å². The van der Waals surface area contributed by atoms with Crippen LogP contribution in [0.2, 0.25) is 0 Å². The molecule has 1 unspecified atom stereocenters. The number of nitro groups is 1. The highest BCUT2D eigenvalue weighted by Gasteiger charge is 2.61. The van der Waals surface area contributed by atoms with Gasteiger partial charge in [-0.05, 0) is 44.7 Å². The Balaban J connectivity index is 1.69. The lowest BCUT2D eigenvalue weighted by Gasteiger charge is -2.29. The average molecular weight is 528 g/mol. The van der Waals surface area contributed by atoms with Gasteiger partial charge < -0.3 is 14.4 Å². The van der Waals surface area contributed by atoms with E-state index in [4.69, 9.17) is 9.47 Å². The third-order valence-corrected chi connectivity index (χ3v) is 7.08. The minimum Gasteiger partial charge on any atom is -0.465 e. The fraction of sp³-hybridized carbons (Fsp3) is 0.536. The molecular formula is C28H37N3O7. The number of non-ortho nitro benzene ring substituents is 1. The number of nitrogens with one attached hydrogen (secondary N) is 1. The number of benzene rings is 1. The van der Waals surface area contributed by atoms with Crippen LogP contribution in [0.4, 0.5) is 5.69 Å². The lowest BCUT2D eigenvalue weighted by atomic mass is 10.1. The molecule has 10 nitrogen and oxygen atoms in total. The van der Waals surface area contributed by atoms with Gasteiger partial charge in [0.05, 0.1) is 29.8 Å². The van der Waals surface area contributed by atoms with E-state index < -0.39 is 28.7 Å². The molecule has 1 N–H and O–H groups in total. The van der Waals surface area contributed by atoms with E-state index >= 15 is 0 Å². The quantitative estimate of drug-likeness (QED) is 0.118. The lowest BCUT2D eigenvalue weighted by molar-refractivity contribution is -0.384. The second-order valence-corrected chi connectivity index (χ2v) is 9.75. The molecule has 0 spiro atoms. The highest BCUT2D eigenvalue weighted by Crippen LogP contribution is 2.46. The van der Waals surface area contributed by atoms with Gasteiger partial charge in [0.1, 0.15) is 11.6 Å². The first kappa shape index (κ1) is 29.0. The number of amides is 1. The zero-order valence-corrected chi connectivity index (χ0v) is 21.9. The number of carbonyl (C=O) groups is 3. The fourth-order valence-corrected chi connectivity index (χ4v) is 4.89. The highest BCUT2D eigenvalue weighted by atomic mass is 16.6. The summed E-state index contributed by atoms with van der Waals surface area (Å²) in [4.78, 5) is 50.8. The first-order chi connectivity index (χ1) is 18.2. The topological polar surface area (TPSA) is 128 Å². The summed E-state index contributed by atoms with van der Waals surface area (Å²) >= 11 is 0. The monoisotopic (exact) mass is 527 g/mol. The molecular weight excluding hydrogens is 490 g/mol. The SMILES string of the molecule is C=CCCCCCCC(=O)N1C[C@@H](OC(=O)c2ccc([N+](=O)[O-])cc2)CC1N[C@]1(C(=O)OCC)C[C@H]1C=C. The zero-order valence-electron chi connectivity index (χ0n) is 21.9. The number of nitro benzene ring substituents is 1. The van der Waals surface area contributed by atoms with E-state index in [0.29, 0.717) is 19.3 Å². The Bertz CT molecular complexity index is 1040. The smallest absolute Gasteiger partial charge is 0.338 e. The van der Waals surface area contributed by atoms with Crippen LogP contribution >= 0.6 is 0 Å². The Morgan fingerprint density at radius 3 is 2.50 bits per heavy atom. The molecule has 2 fully saturated rings. The van der Waals surface area contributed by atoms with Crippen LogP contribution in [0.15, 0.2) is 49.6 Å². The normalized spacial score (nSPS) is 23.9. The molecule has 1 aromatic rings. The third kappa shape index (κ3) is 7.06. The van der Waals surface area contributed by atoms with E-state index in [2.05, 4.69) is 18.5 Å². The number of esters is 2. The molecule has 4 atom stereocenters. The summed E-state index contributed by atoms with van der Waals surface area (Å²) in [7, 11) is 0. The molecule has 1 saturated heterocycles. The number of ether oxygens (including phenoxy) is 2. The van der Waals surface area contributed by atoms with Crippen LogP contribution in [0, 0.1) is 16.0 Å². The van der Waals surface area contributed by atoms with Gasteiger partial charge in [-0.3, -0.25) is 25.0 Å². The standard InChI is InChI=1S/C28H37N3O7/c1-4-7-8-9-10-11-12-25(32)30-19-23(38-26(33)20-13-15-22(16-14-20)31(35)36)17-24(30)29-28(18-21(28)5-2)27(34)37-6-3/h4-5,13-16,21,23-24,29H,1-2,6-12,17-19H2,3H3/t21-,23+,24?,28-/m1/s1. The van der Waals surface area contributed by atoms with Crippen molar-refractivity contribution in [3.8, 4) is 0 Å². The van der Waals surface area contributed by atoms with Crippen LogP contribution in [0.5, 0.6) is 0 Å². The minimum atomic E-state index is -0.955. The van der Waals surface area contributed by atoms with Crippen LogP contribution in [0.25, 0.3) is 0 Å². The van der Waals surface area contributed by atoms with Gasteiger partial charge in [0.15, 0.2) is 0 Å². The van der Waals surface area contributed by atoms with Gasteiger partial charge in [0.2, 0.25) is 5.91 Å². The summed E-state index contributed by atoms with van der Waals surface area (Å²) in [5.74, 6) is -1.21. The van der Waals surface area contributed by atoms with Crippen LogP contribution in [-0.4, -0.2) is 58.6 Å². The predicted molar refractivity (Wildman–Crippen MR) is 141 cm³/mol. The van der Waals surface area contributed by atoms with Crippen molar-refractivity contribution in [2.45, 2.75) is 76.1 Å². The molecule has 10 heteroatoms. The van der Waals surface area contributed by atoms with Crippen LogP contribution in [-0.2, 0) is 19.1 Å². The van der Waals surface area contributed by atoms with E-state index in [0.717, 1.165) is 32.1 Å². The van der Waals surface area contributed by atoms with E-state index in [-0.39, 0.29) is 42.2 Å². The van der Waals surface area contributed by atoms with Crippen molar-refractivity contribution in [1.29, 1.82) is 0 Å². The molecule has 0 bridgehead atoms. The summed E-state index contributed by atoms with van der Waals surface area (Å²) < 4.78 is 11.0. The number of allylic oxidation sites excluding steroid dienone is 1. The van der Waals surface area contributed by atoms with Crippen molar-refractivity contribution >= 4 is 23.5 Å². The second kappa shape index (κ2) is 13.3. The molecule has 1 aromatic carbocycles. The number of unbranched alkanes of at least 4 members (excludes halogenated alkanes) is 4. The van der Waals surface area contributed by atoms with Gasteiger partial charge in [-0.2, -0.15) is 0 Å². The van der Waals surface area contributed by atoms with E-state index in [1.807, 2.05) is 6.08 Å². The Morgan fingerprint density at radius 2 is 1.89 bits per heavy atom. The number of nitrogens with zero attached hydrogens (tertiary/aromatic N) is 2. The summed E-state index contributed by atoms with van der Waals surface area (Å²) in [5.41, 5.74) is -0.900. The number of hydrogen-bond donors (Lipinski definition) is 1. The molecule has 0 radical (unpaired) electrons.